The number of β-amino-alcohol motifs (C(OH)–C–C–N with tert-alkyl or cyclic N) is 1. The molecule has 2 aliphatic rings. The van der Waals surface area contributed by atoms with E-state index in [0.29, 0.717) is 39.3 Å². The Hall–Kier alpha value is -1.76. The average Bonchev–Trinajstić information content (AvgIpc) is 2.96. The van der Waals surface area contributed by atoms with E-state index >= 15 is 0 Å². The largest absolute Gasteiger partial charge is 0.387 e. The summed E-state index contributed by atoms with van der Waals surface area (Å²) in [5.41, 5.74) is 0.133. The van der Waals surface area contributed by atoms with Gasteiger partial charge in [-0.2, -0.15) is 0 Å². The molecule has 3 rings (SSSR count). The summed E-state index contributed by atoms with van der Waals surface area (Å²) in [4.78, 5) is 20.2. The number of nitrogens with zero attached hydrogens (tertiary/aromatic N) is 3. The van der Waals surface area contributed by atoms with Crippen molar-refractivity contribution >= 4 is 12.0 Å². The van der Waals surface area contributed by atoms with Gasteiger partial charge in [0.1, 0.15) is 0 Å². The molecule has 0 bridgehead atoms. The van der Waals surface area contributed by atoms with Gasteiger partial charge >= 0.3 is 0 Å². The molecule has 0 aromatic carbocycles. The topological polar surface area (TPSA) is 65.9 Å². The average molecular weight is 317 g/mol. The molecule has 1 amide bonds. The maximum absolute atomic E-state index is 12.3. The molecular formula is C17H23N3O3. The van der Waals surface area contributed by atoms with Crippen LogP contribution < -0.4 is 0 Å². The van der Waals surface area contributed by atoms with Crippen LogP contribution in [0.4, 0.5) is 0 Å². The molecule has 0 spiro atoms. The van der Waals surface area contributed by atoms with Crippen LogP contribution in [0.3, 0.4) is 0 Å². The van der Waals surface area contributed by atoms with Gasteiger partial charge in [0, 0.05) is 44.6 Å². The number of likely N-dealkylation sites (tertiary alicyclic amines) is 1. The highest BCUT2D eigenvalue weighted by atomic mass is 16.5. The van der Waals surface area contributed by atoms with E-state index in [-0.39, 0.29) is 5.91 Å². The lowest BCUT2D eigenvalue weighted by Gasteiger charge is -2.33. The van der Waals surface area contributed by atoms with Crippen molar-refractivity contribution in [2.75, 3.05) is 45.9 Å². The second kappa shape index (κ2) is 7.21. The molecule has 0 aliphatic carbocycles. The van der Waals surface area contributed by atoms with Crippen molar-refractivity contribution < 1.29 is 14.6 Å². The van der Waals surface area contributed by atoms with Crippen molar-refractivity contribution in [3.63, 3.8) is 0 Å². The number of pyridine rings is 1. The van der Waals surface area contributed by atoms with Crippen molar-refractivity contribution in [1.29, 1.82) is 0 Å². The van der Waals surface area contributed by atoms with Gasteiger partial charge in [-0.15, -0.1) is 0 Å². The highest BCUT2D eigenvalue weighted by Crippen LogP contribution is 2.23. The Labute approximate surface area is 136 Å². The fourth-order valence-electron chi connectivity index (χ4n) is 3.10. The molecule has 1 aromatic rings. The van der Waals surface area contributed by atoms with Crippen LogP contribution in [0.25, 0.3) is 6.08 Å². The van der Waals surface area contributed by atoms with Gasteiger partial charge in [-0.05, 0) is 30.2 Å². The van der Waals surface area contributed by atoms with Crippen LogP contribution in [0.1, 0.15) is 12.0 Å². The smallest absolute Gasteiger partial charge is 0.246 e. The van der Waals surface area contributed by atoms with Crippen molar-refractivity contribution in [3.05, 3.63) is 36.2 Å². The lowest BCUT2D eigenvalue weighted by atomic mass is 10.0. The van der Waals surface area contributed by atoms with Crippen molar-refractivity contribution in [3.8, 4) is 0 Å². The molecule has 0 saturated carbocycles. The molecule has 124 valence electrons. The number of carbonyl (C=O) groups excluding carboxylic acids is 1. The van der Waals surface area contributed by atoms with Crippen molar-refractivity contribution in [1.82, 2.24) is 14.8 Å². The molecule has 3 heterocycles. The third-order valence-corrected chi connectivity index (χ3v) is 4.39. The number of ether oxygens (including phenoxy) is 1. The Bertz CT molecular complexity index is 557. The molecule has 6 heteroatoms. The minimum absolute atomic E-state index is 0.0558. The second-order valence-corrected chi connectivity index (χ2v) is 6.24. The Balaban J connectivity index is 1.53. The molecular weight excluding hydrogens is 294 g/mol. The van der Waals surface area contributed by atoms with E-state index < -0.39 is 5.60 Å². The number of amides is 1. The number of carbonyl (C=O) groups is 1. The lowest BCUT2D eigenvalue weighted by molar-refractivity contribution is -0.126. The van der Waals surface area contributed by atoms with Crippen LogP contribution in [0.5, 0.6) is 0 Å². The molecule has 2 fully saturated rings. The van der Waals surface area contributed by atoms with Gasteiger partial charge in [-0.3, -0.25) is 14.7 Å². The van der Waals surface area contributed by atoms with Crippen LogP contribution in [0, 0.1) is 0 Å². The first-order chi connectivity index (χ1) is 11.1. The molecule has 2 aliphatic heterocycles. The van der Waals surface area contributed by atoms with Crippen LogP contribution in [0.15, 0.2) is 30.6 Å². The molecule has 1 aromatic heterocycles. The summed E-state index contributed by atoms with van der Waals surface area (Å²) in [7, 11) is 0. The van der Waals surface area contributed by atoms with Gasteiger partial charge in [0.05, 0.1) is 25.4 Å². The monoisotopic (exact) mass is 317 g/mol. The minimum Gasteiger partial charge on any atom is -0.387 e. The van der Waals surface area contributed by atoms with E-state index in [4.69, 9.17) is 4.74 Å². The van der Waals surface area contributed by atoms with Crippen molar-refractivity contribution in [2.45, 2.75) is 12.0 Å². The summed E-state index contributed by atoms with van der Waals surface area (Å²) in [5.74, 6) is -0.0558. The van der Waals surface area contributed by atoms with Crippen LogP contribution in [-0.4, -0.2) is 77.3 Å². The normalized spacial score (nSPS) is 26.0. The van der Waals surface area contributed by atoms with Crippen LogP contribution in [-0.2, 0) is 9.53 Å². The zero-order chi connectivity index (χ0) is 16.1. The number of aliphatic hydroxyl groups is 1. The predicted octanol–water partition coefficient (Wildman–Crippen LogP) is 0.390. The number of aromatic nitrogens is 1. The molecule has 0 radical (unpaired) electrons. The number of hydrogen-bond acceptors (Lipinski definition) is 5. The van der Waals surface area contributed by atoms with Crippen molar-refractivity contribution in [2.24, 2.45) is 0 Å². The predicted molar refractivity (Wildman–Crippen MR) is 86.7 cm³/mol. The molecule has 0 unspecified atom stereocenters. The second-order valence-electron chi connectivity index (χ2n) is 6.24. The zero-order valence-corrected chi connectivity index (χ0v) is 13.2. The quantitative estimate of drug-likeness (QED) is 0.814. The van der Waals surface area contributed by atoms with Gasteiger partial charge in [0.15, 0.2) is 0 Å². The van der Waals surface area contributed by atoms with Gasteiger partial charge in [-0.25, -0.2) is 0 Å². The lowest BCUT2D eigenvalue weighted by Crippen LogP contribution is -2.49. The third-order valence-electron chi connectivity index (χ3n) is 4.39. The molecule has 23 heavy (non-hydrogen) atoms. The summed E-state index contributed by atoms with van der Waals surface area (Å²) >= 11 is 0. The van der Waals surface area contributed by atoms with E-state index in [2.05, 4.69) is 9.88 Å². The SMILES string of the molecule is O=C(/C=C/c1ccncc1)N1CC[C@@](O)(CN2CCOCC2)C1. The highest BCUT2D eigenvalue weighted by Gasteiger charge is 2.39. The highest BCUT2D eigenvalue weighted by molar-refractivity contribution is 5.92. The summed E-state index contributed by atoms with van der Waals surface area (Å²) in [6.45, 7) is 4.72. The van der Waals surface area contributed by atoms with Gasteiger partial charge in [-0.1, -0.05) is 0 Å². The van der Waals surface area contributed by atoms with Gasteiger partial charge in [0.25, 0.3) is 0 Å². The van der Waals surface area contributed by atoms with Crippen LogP contribution >= 0.6 is 0 Å². The Morgan fingerprint density at radius 1 is 1.30 bits per heavy atom. The van der Waals surface area contributed by atoms with E-state index in [1.54, 1.807) is 29.4 Å². The summed E-state index contributed by atoms with van der Waals surface area (Å²) < 4.78 is 5.33. The molecule has 2 saturated heterocycles. The molecule has 1 N–H and O–H groups in total. The van der Waals surface area contributed by atoms with Crippen LogP contribution in [0.2, 0.25) is 0 Å². The fraction of sp³-hybridized carbons (Fsp3) is 0.529. The number of rotatable bonds is 4. The third kappa shape index (κ3) is 4.37. The van der Waals surface area contributed by atoms with Gasteiger partial charge in [0.2, 0.25) is 5.91 Å². The Morgan fingerprint density at radius 2 is 2.04 bits per heavy atom. The first kappa shape index (κ1) is 16.1. The van der Waals surface area contributed by atoms with E-state index in [1.807, 2.05) is 12.1 Å². The first-order valence-corrected chi connectivity index (χ1v) is 8.04. The fourth-order valence-corrected chi connectivity index (χ4v) is 3.10. The number of morpholine rings is 1. The maximum atomic E-state index is 12.3. The molecule has 1 atom stereocenters. The Morgan fingerprint density at radius 3 is 2.78 bits per heavy atom. The van der Waals surface area contributed by atoms with E-state index in [1.165, 1.54) is 0 Å². The van der Waals surface area contributed by atoms with Gasteiger partial charge < -0.3 is 14.7 Å². The van der Waals surface area contributed by atoms with E-state index in [9.17, 15) is 9.90 Å². The summed E-state index contributed by atoms with van der Waals surface area (Å²) in [5, 5.41) is 10.7. The maximum Gasteiger partial charge on any atom is 0.246 e. The molecule has 6 nitrogen and oxygen atoms in total. The summed E-state index contributed by atoms with van der Waals surface area (Å²) in [6.07, 6.45) is 7.36. The number of hydrogen-bond donors (Lipinski definition) is 1. The first-order valence-electron chi connectivity index (χ1n) is 8.04. The van der Waals surface area contributed by atoms with E-state index in [0.717, 1.165) is 18.7 Å². The minimum atomic E-state index is -0.808. The standard InChI is InChI=1S/C17H23N3O3/c21-16(2-1-15-3-6-18-7-4-15)20-8-5-17(22,14-20)13-19-9-11-23-12-10-19/h1-4,6-7,22H,5,8-14H2/b2-1+/t17-/m1/s1. The Kier molecular flexibility index (Phi) is 5.05. The zero-order valence-electron chi connectivity index (χ0n) is 13.2. The summed E-state index contributed by atoms with van der Waals surface area (Å²) in [6, 6.07) is 3.70.